The first-order chi connectivity index (χ1) is 7.38. The Morgan fingerprint density at radius 1 is 1.20 bits per heavy atom. The van der Waals surface area contributed by atoms with Crippen LogP contribution < -0.4 is 5.32 Å². The molecule has 0 amide bonds. The molecule has 2 atom stereocenters. The maximum atomic E-state index is 3.77. The van der Waals surface area contributed by atoms with E-state index in [2.05, 4.69) is 18.5 Å². The van der Waals surface area contributed by atoms with Crippen molar-refractivity contribution in [2.24, 2.45) is 5.92 Å². The molecule has 1 N–H and O–H groups in total. The van der Waals surface area contributed by atoms with Crippen molar-refractivity contribution in [1.29, 1.82) is 0 Å². The molecule has 0 aromatic heterocycles. The third-order valence-electron chi connectivity index (χ3n) is 3.62. The Bertz CT molecular complexity index is 149. The Balaban J connectivity index is 2.07. The standard InChI is InChI=1S/C13H27NS/c1-3-12-8-4-5-9-13(12)14-10-6-7-11-15-2/h12-14H,3-11H2,1-2H3. The van der Waals surface area contributed by atoms with Crippen LogP contribution in [0.15, 0.2) is 0 Å². The summed E-state index contributed by atoms with van der Waals surface area (Å²) in [5.41, 5.74) is 0. The molecule has 1 aliphatic rings. The van der Waals surface area contributed by atoms with Crippen molar-refractivity contribution in [1.82, 2.24) is 5.32 Å². The van der Waals surface area contributed by atoms with E-state index < -0.39 is 0 Å². The molecule has 2 unspecified atom stereocenters. The molecule has 1 nitrogen and oxygen atoms in total. The molecule has 0 bridgehead atoms. The van der Waals surface area contributed by atoms with Gasteiger partial charge in [0.05, 0.1) is 0 Å². The molecule has 2 heteroatoms. The van der Waals surface area contributed by atoms with Gasteiger partial charge in [0, 0.05) is 6.04 Å². The van der Waals surface area contributed by atoms with Gasteiger partial charge in [-0.3, -0.25) is 0 Å². The molecule has 0 radical (unpaired) electrons. The number of nitrogens with one attached hydrogen (secondary N) is 1. The van der Waals surface area contributed by atoms with Gasteiger partial charge in [-0.05, 0) is 50.2 Å². The van der Waals surface area contributed by atoms with Gasteiger partial charge in [-0.15, -0.1) is 0 Å². The molecule has 0 saturated heterocycles. The van der Waals surface area contributed by atoms with Gasteiger partial charge >= 0.3 is 0 Å². The quantitative estimate of drug-likeness (QED) is 0.668. The SMILES string of the molecule is CCC1CCCCC1NCCCCSC. The fourth-order valence-electron chi connectivity index (χ4n) is 2.62. The smallest absolute Gasteiger partial charge is 0.00952 e. The lowest BCUT2D eigenvalue weighted by Gasteiger charge is -2.31. The van der Waals surface area contributed by atoms with Crippen molar-refractivity contribution >= 4 is 11.8 Å². The van der Waals surface area contributed by atoms with E-state index in [0.717, 1.165) is 12.0 Å². The van der Waals surface area contributed by atoms with Crippen molar-refractivity contribution in [2.45, 2.75) is 57.9 Å². The van der Waals surface area contributed by atoms with Crippen molar-refractivity contribution in [3.63, 3.8) is 0 Å². The van der Waals surface area contributed by atoms with Crippen molar-refractivity contribution < 1.29 is 0 Å². The Morgan fingerprint density at radius 2 is 2.00 bits per heavy atom. The molecule has 0 aromatic rings. The third-order valence-corrected chi connectivity index (χ3v) is 4.31. The minimum atomic E-state index is 0.832. The van der Waals surface area contributed by atoms with Crippen molar-refractivity contribution in [3.8, 4) is 0 Å². The van der Waals surface area contributed by atoms with Gasteiger partial charge in [0.15, 0.2) is 0 Å². The van der Waals surface area contributed by atoms with Gasteiger partial charge in [-0.2, -0.15) is 11.8 Å². The fourth-order valence-corrected chi connectivity index (χ4v) is 3.12. The molecule has 0 spiro atoms. The minimum Gasteiger partial charge on any atom is -0.314 e. The highest BCUT2D eigenvalue weighted by Crippen LogP contribution is 2.26. The van der Waals surface area contributed by atoms with E-state index in [0.29, 0.717) is 0 Å². The van der Waals surface area contributed by atoms with Crippen molar-refractivity contribution in [2.75, 3.05) is 18.6 Å². The first kappa shape index (κ1) is 13.4. The van der Waals surface area contributed by atoms with Gasteiger partial charge in [-0.1, -0.05) is 26.2 Å². The summed E-state index contributed by atoms with van der Waals surface area (Å²) in [5, 5.41) is 3.77. The van der Waals surface area contributed by atoms with E-state index in [1.807, 2.05) is 11.8 Å². The van der Waals surface area contributed by atoms with E-state index in [-0.39, 0.29) is 0 Å². The van der Waals surface area contributed by atoms with Crippen LogP contribution in [0.2, 0.25) is 0 Å². The van der Waals surface area contributed by atoms with Crippen LogP contribution in [0.25, 0.3) is 0 Å². The summed E-state index contributed by atoms with van der Waals surface area (Å²) in [5.74, 6) is 2.28. The second-order valence-corrected chi connectivity index (χ2v) is 5.70. The van der Waals surface area contributed by atoms with Gasteiger partial charge in [0.25, 0.3) is 0 Å². The highest BCUT2D eigenvalue weighted by Gasteiger charge is 2.22. The molecule has 15 heavy (non-hydrogen) atoms. The largest absolute Gasteiger partial charge is 0.314 e. The Hall–Kier alpha value is 0.310. The van der Waals surface area contributed by atoms with Crippen LogP contribution in [0.5, 0.6) is 0 Å². The molecule has 1 aliphatic carbocycles. The monoisotopic (exact) mass is 229 g/mol. The van der Waals surface area contributed by atoms with E-state index in [1.165, 1.54) is 57.2 Å². The maximum Gasteiger partial charge on any atom is 0.00952 e. The fraction of sp³-hybridized carbons (Fsp3) is 1.00. The molecule has 1 saturated carbocycles. The van der Waals surface area contributed by atoms with Gasteiger partial charge in [0.2, 0.25) is 0 Å². The molecule has 90 valence electrons. The van der Waals surface area contributed by atoms with Crippen LogP contribution in [0.3, 0.4) is 0 Å². The normalized spacial score (nSPS) is 26.8. The average molecular weight is 229 g/mol. The Labute approximate surface area is 99.8 Å². The number of rotatable bonds is 7. The lowest BCUT2D eigenvalue weighted by Crippen LogP contribution is -2.38. The molecule has 0 aliphatic heterocycles. The van der Waals surface area contributed by atoms with E-state index in [1.54, 1.807) is 0 Å². The zero-order valence-corrected chi connectivity index (χ0v) is 11.2. The Kier molecular flexibility index (Phi) is 7.54. The lowest BCUT2D eigenvalue weighted by atomic mass is 9.83. The number of hydrogen-bond donors (Lipinski definition) is 1. The highest BCUT2D eigenvalue weighted by molar-refractivity contribution is 7.98. The van der Waals surface area contributed by atoms with Crippen LogP contribution in [0.4, 0.5) is 0 Å². The molecule has 1 fully saturated rings. The average Bonchev–Trinajstić information content (AvgIpc) is 2.29. The summed E-state index contributed by atoms with van der Waals surface area (Å²) < 4.78 is 0. The van der Waals surface area contributed by atoms with Crippen molar-refractivity contribution in [3.05, 3.63) is 0 Å². The number of hydrogen-bond acceptors (Lipinski definition) is 2. The first-order valence-corrected chi connectivity index (χ1v) is 8.00. The summed E-state index contributed by atoms with van der Waals surface area (Å²) >= 11 is 1.96. The van der Waals surface area contributed by atoms with Gasteiger partial charge in [0.1, 0.15) is 0 Å². The van der Waals surface area contributed by atoms with Crippen LogP contribution in [0, 0.1) is 5.92 Å². The summed E-state index contributed by atoms with van der Waals surface area (Å²) in [6.45, 7) is 3.58. The number of thioether (sulfide) groups is 1. The van der Waals surface area contributed by atoms with E-state index in [9.17, 15) is 0 Å². The molecule has 0 heterocycles. The van der Waals surface area contributed by atoms with Crippen LogP contribution in [-0.4, -0.2) is 24.6 Å². The van der Waals surface area contributed by atoms with Crippen LogP contribution >= 0.6 is 11.8 Å². The second kappa shape index (κ2) is 8.46. The summed E-state index contributed by atoms with van der Waals surface area (Å²) in [6, 6.07) is 0.832. The predicted molar refractivity (Wildman–Crippen MR) is 71.7 cm³/mol. The molecular formula is C13H27NS. The van der Waals surface area contributed by atoms with Crippen LogP contribution in [-0.2, 0) is 0 Å². The topological polar surface area (TPSA) is 12.0 Å². The number of unbranched alkanes of at least 4 members (excludes halogenated alkanes) is 1. The van der Waals surface area contributed by atoms with E-state index >= 15 is 0 Å². The molecule has 1 rings (SSSR count). The summed E-state index contributed by atoms with van der Waals surface area (Å²) in [4.78, 5) is 0. The zero-order valence-electron chi connectivity index (χ0n) is 10.4. The predicted octanol–water partition coefficient (Wildman–Crippen LogP) is 3.69. The highest BCUT2D eigenvalue weighted by atomic mass is 32.2. The third kappa shape index (κ3) is 5.26. The maximum absolute atomic E-state index is 3.77. The Morgan fingerprint density at radius 3 is 2.73 bits per heavy atom. The first-order valence-electron chi connectivity index (χ1n) is 6.60. The molecule has 0 aromatic carbocycles. The van der Waals surface area contributed by atoms with Gasteiger partial charge in [-0.25, -0.2) is 0 Å². The molecular weight excluding hydrogens is 202 g/mol. The second-order valence-electron chi connectivity index (χ2n) is 4.71. The van der Waals surface area contributed by atoms with Crippen LogP contribution in [0.1, 0.15) is 51.9 Å². The summed E-state index contributed by atoms with van der Waals surface area (Å²) in [6.07, 6.45) is 12.1. The van der Waals surface area contributed by atoms with E-state index in [4.69, 9.17) is 0 Å². The zero-order chi connectivity index (χ0) is 10.9. The summed E-state index contributed by atoms with van der Waals surface area (Å²) in [7, 11) is 0. The lowest BCUT2D eigenvalue weighted by molar-refractivity contribution is 0.255. The minimum absolute atomic E-state index is 0.832. The van der Waals surface area contributed by atoms with Gasteiger partial charge < -0.3 is 5.32 Å².